The van der Waals surface area contributed by atoms with Gasteiger partial charge in [0, 0.05) is 11.8 Å². The van der Waals surface area contributed by atoms with E-state index in [0.29, 0.717) is 34.1 Å². The summed E-state index contributed by atoms with van der Waals surface area (Å²) in [5.74, 6) is -0.155. The number of carbonyl (C=O) groups is 1. The van der Waals surface area contributed by atoms with E-state index in [1.54, 1.807) is 54.9 Å². The fourth-order valence-corrected chi connectivity index (χ4v) is 2.78. The van der Waals surface area contributed by atoms with Crippen LogP contribution in [0.3, 0.4) is 0 Å². The summed E-state index contributed by atoms with van der Waals surface area (Å²) in [6.07, 6.45) is 0. The topological polar surface area (TPSA) is 79.9 Å². The third-order valence-corrected chi connectivity index (χ3v) is 3.98. The van der Waals surface area contributed by atoms with Crippen LogP contribution in [0.2, 0.25) is 0 Å². The van der Waals surface area contributed by atoms with Crippen molar-refractivity contribution in [2.75, 3.05) is 11.9 Å². The first-order chi connectivity index (χ1) is 13.0. The molecule has 3 rings (SSSR count). The molecule has 0 aliphatic carbocycles. The Morgan fingerprint density at radius 2 is 2.00 bits per heavy atom. The van der Waals surface area contributed by atoms with Crippen molar-refractivity contribution in [1.82, 2.24) is 9.78 Å². The lowest BCUT2D eigenvalue weighted by Crippen LogP contribution is -2.14. The number of nitriles is 1. The summed E-state index contributed by atoms with van der Waals surface area (Å²) in [7, 11) is 0. The molecular formula is C20H17FN4O2. The lowest BCUT2D eigenvalue weighted by Gasteiger charge is -2.08. The molecule has 1 heterocycles. The third kappa shape index (κ3) is 3.96. The van der Waals surface area contributed by atoms with Crippen LogP contribution in [0.25, 0.3) is 5.69 Å². The van der Waals surface area contributed by atoms with Gasteiger partial charge in [0.1, 0.15) is 17.6 Å². The Morgan fingerprint density at radius 3 is 2.70 bits per heavy atom. The van der Waals surface area contributed by atoms with E-state index in [1.807, 2.05) is 6.07 Å². The first-order valence-corrected chi connectivity index (χ1v) is 8.23. The molecule has 0 atom stereocenters. The summed E-state index contributed by atoms with van der Waals surface area (Å²) in [6.45, 7) is 3.46. The van der Waals surface area contributed by atoms with Gasteiger partial charge in [-0.2, -0.15) is 10.4 Å². The fraction of sp³-hybridized carbons (Fsp3) is 0.150. The van der Waals surface area contributed by atoms with Gasteiger partial charge in [0.2, 0.25) is 0 Å². The molecule has 0 unspecified atom stereocenters. The van der Waals surface area contributed by atoms with Crippen LogP contribution in [0.4, 0.5) is 10.1 Å². The van der Waals surface area contributed by atoms with Gasteiger partial charge in [-0.05, 0) is 50.2 Å². The first-order valence-electron chi connectivity index (χ1n) is 8.23. The number of hydrogen-bond donors (Lipinski definition) is 1. The number of aryl methyl sites for hydroxylation is 1. The van der Waals surface area contributed by atoms with Crippen molar-refractivity contribution in [2.45, 2.75) is 13.8 Å². The van der Waals surface area contributed by atoms with Gasteiger partial charge in [0.25, 0.3) is 5.91 Å². The van der Waals surface area contributed by atoms with Crippen molar-refractivity contribution in [2.24, 2.45) is 0 Å². The maximum atomic E-state index is 13.1. The predicted molar refractivity (Wildman–Crippen MR) is 98.5 cm³/mol. The number of aromatic nitrogens is 2. The number of nitrogens with zero attached hydrogens (tertiary/aromatic N) is 3. The molecule has 0 fully saturated rings. The van der Waals surface area contributed by atoms with E-state index in [4.69, 9.17) is 10.00 Å². The van der Waals surface area contributed by atoms with E-state index in [2.05, 4.69) is 10.4 Å². The van der Waals surface area contributed by atoms with Crippen LogP contribution in [0, 0.1) is 31.0 Å². The maximum Gasteiger partial charge on any atom is 0.259 e. The summed E-state index contributed by atoms with van der Waals surface area (Å²) >= 11 is 0. The summed E-state index contributed by atoms with van der Waals surface area (Å²) in [6, 6.07) is 14.6. The Labute approximate surface area is 155 Å². The number of anilines is 1. The monoisotopic (exact) mass is 364 g/mol. The molecule has 1 amide bonds. The van der Waals surface area contributed by atoms with Crippen LogP contribution in [-0.4, -0.2) is 22.3 Å². The maximum absolute atomic E-state index is 13.1. The van der Waals surface area contributed by atoms with Crippen LogP contribution in [-0.2, 0) is 0 Å². The molecule has 3 aromatic rings. The molecule has 1 aromatic heterocycles. The normalized spacial score (nSPS) is 10.3. The Kier molecular flexibility index (Phi) is 5.18. The van der Waals surface area contributed by atoms with Crippen LogP contribution >= 0.6 is 0 Å². The average Bonchev–Trinajstić information content (AvgIpc) is 2.95. The zero-order chi connectivity index (χ0) is 19.4. The second-order valence-corrected chi connectivity index (χ2v) is 5.86. The smallest absolute Gasteiger partial charge is 0.259 e. The van der Waals surface area contributed by atoms with Gasteiger partial charge in [-0.3, -0.25) is 4.79 Å². The van der Waals surface area contributed by atoms with E-state index in [-0.39, 0.29) is 18.3 Å². The van der Waals surface area contributed by atoms with Crippen molar-refractivity contribution in [1.29, 1.82) is 5.26 Å². The fourth-order valence-electron chi connectivity index (χ4n) is 2.78. The molecule has 0 bridgehead atoms. The quantitative estimate of drug-likeness (QED) is 0.747. The van der Waals surface area contributed by atoms with E-state index in [9.17, 15) is 9.18 Å². The molecule has 136 valence electrons. The second kappa shape index (κ2) is 7.70. The lowest BCUT2D eigenvalue weighted by atomic mass is 10.1. The standard InChI is InChI=1S/C20H17FN4O2/c1-13-19(14(2)25(24-13)17-8-6-15(21)7-9-17)20(26)23-16-4-3-5-18(12-16)27-11-10-22/h3-9,12H,11H2,1-2H3,(H,23,26). The minimum Gasteiger partial charge on any atom is -0.479 e. The molecule has 0 spiro atoms. The second-order valence-electron chi connectivity index (χ2n) is 5.86. The molecule has 0 aliphatic rings. The molecule has 0 aliphatic heterocycles. The Hall–Kier alpha value is -3.66. The van der Waals surface area contributed by atoms with Gasteiger partial charge < -0.3 is 10.1 Å². The van der Waals surface area contributed by atoms with E-state index < -0.39 is 0 Å². The van der Waals surface area contributed by atoms with Crippen molar-refractivity contribution < 1.29 is 13.9 Å². The zero-order valence-corrected chi connectivity index (χ0v) is 14.9. The van der Waals surface area contributed by atoms with Crippen LogP contribution in [0.15, 0.2) is 48.5 Å². The van der Waals surface area contributed by atoms with Crippen molar-refractivity contribution in [3.8, 4) is 17.5 Å². The van der Waals surface area contributed by atoms with Gasteiger partial charge >= 0.3 is 0 Å². The summed E-state index contributed by atoms with van der Waals surface area (Å²) in [5.41, 5.74) is 2.87. The SMILES string of the molecule is Cc1nn(-c2ccc(F)cc2)c(C)c1C(=O)Nc1cccc(OCC#N)c1. The summed E-state index contributed by atoms with van der Waals surface area (Å²) in [5, 5.41) is 15.8. The van der Waals surface area contributed by atoms with Gasteiger partial charge in [0.05, 0.1) is 22.6 Å². The highest BCUT2D eigenvalue weighted by Crippen LogP contribution is 2.22. The van der Waals surface area contributed by atoms with Crippen molar-refractivity contribution in [3.05, 3.63) is 71.3 Å². The van der Waals surface area contributed by atoms with E-state index >= 15 is 0 Å². The molecule has 0 saturated carbocycles. The van der Waals surface area contributed by atoms with E-state index in [1.165, 1.54) is 12.1 Å². The lowest BCUT2D eigenvalue weighted by molar-refractivity contribution is 0.102. The molecule has 2 aromatic carbocycles. The number of nitrogens with one attached hydrogen (secondary N) is 1. The predicted octanol–water partition coefficient (Wildman–Crippen LogP) is 3.78. The molecule has 0 saturated heterocycles. The Morgan fingerprint density at radius 1 is 1.26 bits per heavy atom. The Balaban J connectivity index is 1.85. The number of halogens is 1. The summed E-state index contributed by atoms with van der Waals surface area (Å²) < 4.78 is 20.0. The highest BCUT2D eigenvalue weighted by Gasteiger charge is 2.19. The molecular weight excluding hydrogens is 347 g/mol. The van der Waals surface area contributed by atoms with Gasteiger partial charge in [-0.25, -0.2) is 9.07 Å². The minimum atomic E-state index is -0.336. The molecule has 6 nitrogen and oxygen atoms in total. The molecule has 1 N–H and O–H groups in total. The zero-order valence-electron chi connectivity index (χ0n) is 14.9. The van der Waals surface area contributed by atoms with Gasteiger partial charge in [-0.15, -0.1) is 0 Å². The number of rotatable bonds is 5. The van der Waals surface area contributed by atoms with Crippen molar-refractivity contribution in [3.63, 3.8) is 0 Å². The number of benzene rings is 2. The Bertz CT molecular complexity index is 1020. The van der Waals surface area contributed by atoms with Crippen molar-refractivity contribution >= 4 is 11.6 Å². The van der Waals surface area contributed by atoms with Crippen LogP contribution < -0.4 is 10.1 Å². The number of amides is 1. The van der Waals surface area contributed by atoms with Gasteiger partial charge in [-0.1, -0.05) is 6.07 Å². The highest BCUT2D eigenvalue weighted by atomic mass is 19.1. The van der Waals surface area contributed by atoms with Gasteiger partial charge in [0.15, 0.2) is 6.61 Å². The highest BCUT2D eigenvalue weighted by molar-refractivity contribution is 6.06. The number of hydrogen-bond acceptors (Lipinski definition) is 4. The molecule has 7 heteroatoms. The minimum absolute atomic E-state index is 0.0694. The first kappa shape index (κ1) is 18.1. The van der Waals surface area contributed by atoms with Crippen LogP contribution in [0.1, 0.15) is 21.7 Å². The van der Waals surface area contributed by atoms with Crippen LogP contribution in [0.5, 0.6) is 5.75 Å². The van der Waals surface area contributed by atoms with E-state index in [0.717, 1.165) is 0 Å². The molecule has 0 radical (unpaired) electrons. The number of carbonyl (C=O) groups excluding carboxylic acids is 1. The summed E-state index contributed by atoms with van der Waals surface area (Å²) in [4.78, 5) is 12.8. The third-order valence-electron chi connectivity index (χ3n) is 3.98. The number of ether oxygens (including phenoxy) is 1. The molecule has 27 heavy (non-hydrogen) atoms. The largest absolute Gasteiger partial charge is 0.479 e. The average molecular weight is 364 g/mol.